The molecule has 1 spiro atoms. The molecule has 6 aromatic carbocycles. The highest BCUT2D eigenvalue weighted by Crippen LogP contribution is 2.49. The van der Waals surface area contributed by atoms with Crippen LogP contribution in [0.15, 0.2) is 146 Å². The maximum Gasteiger partial charge on any atom is 0.416 e. The van der Waals surface area contributed by atoms with Gasteiger partial charge in [0.05, 0.1) is 29.5 Å². The highest BCUT2D eigenvalue weighted by Gasteiger charge is 2.50. The smallest absolute Gasteiger partial charge is 0.416 e. The zero-order valence-corrected chi connectivity index (χ0v) is 54.4. The van der Waals surface area contributed by atoms with Crippen LogP contribution in [-0.2, 0) is 48.9 Å². The van der Waals surface area contributed by atoms with E-state index in [4.69, 9.17) is 9.47 Å². The van der Waals surface area contributed by atoms with E-state index in [0.29, 0.717) is 133 Å². The maximum atomic E-state index is 14.2. The molecule has 4 aliphatic rings. The van der Waals surface area contributed by atoms with Crippen LogP contribution in [0.5, 0.6) is 0 Å². The van der Waals surface area contributed by atoms with E-state index in [1.54, 1.807) is 40.9 Å². The van der Waals surface area contributed by atoms with Crippen molar-refractivity contribution in [3.8, 4) is 11.1 Å². The molecular weight excluding hydrogens is 1250 g/mol. The number of hydrogen-bond donors (Lipinski definition) is 2. The van der Waals surface area contributed by atoms with Gasteiger partial charge in [-0.2, -0.15) is 26.3 Å². The number of rotatable bonds is 25. The molecule has 1 aliphatic carbocycles. The Morgan fingerprint density at radius 2 is 1.29 bits per heavy atom. The van der Waals surface area contributed by atoms with Gasteiger partial charge in [0.25, 0.3) is 11.8 Å². The molecule has 5 amide bonds. The summed E-state index contributed by atoms with van der Waals surface area (Å²) >= 11 is 0. The molecule has 3 aliphatic heterocycles. The number of carbonyl (C=O) groups excluding carboxylic acids is 4. The van der Waals surface area contributed by atoms with Gasteiger partial charge in [0.15, 0.2) is 0 Å². The second kappa shape index (κ2) is 30.8. The molecule has 0 saturated carbocycles. The Labute approximate surface area is 555 Å². The van der Waals surface area contributed by atoms with Crippen molar-refractivity contribution in [1.29, 1.82) is 0 Å². The number of nitrogens with one attached hydrogen (secondary N) is 1. The molecule has 96 heavy (non-hydrogen) atoms. The first-order valence-corrected chi connectivity index (χ1v) is 32.8. The second-order valence-corrected chi connectivity index (χ2v) is 25.8. The number of para-hydroxylation sites is 1. The number of carbonyl (C=O) groups is 5. The van der Waals surface area contributed by atoms with E-state index in [9.17, 15) is 59.8 Å². The Morgan fingerprint density at radius 1 is 0.667 bits per heavy atom. The average Bonchev–Trinajstić information content (AvgIpc) is 1.58. The minimum Gasteiger partial charge on any atom is -0.465 e. The number of likely N-dealkylation sites (N-methyl/N-ethyl adjacent to an activating group) is 2. The van der Waals surface area contributed by atoms with Crippen LogP contribution in [0.1, 0.15) is 106 Å². The van der Waals surface area contributed by atoms with Crippen LogP contribution in [0.4, 0.5) is 46.9 Å². The van der Waals surface area contributed by atoms with Crippen LogP contribution in [0.3, 0.4) is 0 Å². The van der Waals surface area contributed by atoms with Gasteiger partial charge >= 0.3 is 18.4 Å². The summed E-state index contributed by atoms with van der Waals surface area (Å²) in [6.45, 7) is 5.03. The number of carboxylic acid groups (broad SMARTS) is 1. The molecule has 2 atom stereocenters. The third-order valence-electron chi connectivity index (χ3n) is 19.6. The van der Waals surface area contributed by atoms with E-state index < -0.39 is 64.6 Å². The molecule has 6 aromatic rings. The molecule has 3 fully saturated rings. The van der Waals surface area contributed by atoms with Gasteiger partial charge in [0.1, 0.15) is 24.8 Å². The Kier molecular flexibility index (Phi) is 22.6. The Bertz CT molecular complexity index is 3630. The molecule has 10 rings (SSSR count). The number of halogens is 7. The summed E-state index contributed by atoms with van der Waals surface area (Å²) in [5, 5.41) is 13.7. The largest absolute Gasteiger partial charge is 0.465 e. The van der Waals surface area contributed by atoms with Crippen molar-refractivity contribution >= 4 is 41.1 Å². The monoisotopic (exact) mass is 1330 g/mol. The molecule has 23 heteroatoms. The molecule has 0 unspecified atom stereocenters. The number of nitrogens with zero attached hydrogens (tertiary/aromatic N) is 7. The van der Waals surface area contributed by atoms with Gasteiger partial charge in [-0.25, -0.2) is 9.18 Å². The Balaban J connectivity index is 0.624. The number of benzene rings is 6. The van der Waals surface area contributed by atoms with Gasteiger partial charge in [-0.05, 0) is 154 Å². The van der Waals surface area contributed by atoms with E-state index in [2.05, 4.69) is 27.2 Å². The number of alkyl halides is 6. The number of unbranched alkanes of at least 4 members (excludes halogenated alkanes) is 1. The van der Waals surface area contributed by atoms with Crippen LogP contribution in [-0.4, -0.2) is 183 Å². The average molecular weight is 1330 g/mol. The van der Waals surface area contributed by atoms with Gasteiger partial charge in [-0.15, -0.1) is 0 Å². The fraction of sp³-hybridized carbons (Fsp3) is 0.438. The molecule has 3 saturated heterocycles. The highest BCUT2D eigenvalue weighted by molar-refractivity contribution is 5.96. The van der Waals surface area contributed by atoms with E-state index in [-0.39, 0.29) is 55.5 Å². The number of piperidine rings is 2. The van der Waals surface area contributed by atoms with Crippen LogP contribution >= 0.6 is 0 Å². The van der Waals surface area contributed by atoms with Crippen molar-refractivity contribution in [3.05, 3.63) is 190 Å². The van der Waals surface area contributed by atoms with Crippen LogP contribution in [0.25, 0.3) is 11.1 Å². The normalized spacial score (nSPS) is 18.3. The Hall–Kier alpha value is -8.38. The van der Waals surface area contributed by atoms with E-state index >= 15 is 0 Å². The van der Waals surface area contributed by atoms with Crippen LogP contribution in [0, 0.1) is 5.82 Å². The van der Waals surface area contributed by atoms with Gasteiger partial charge in [0, 0.05) is 114 Å². The van der Waals surface area contributed by atoms with Gasteiger partial charge in [-0.3, -0.25) is 24.1 Å². The van der Waals surface area contributed by atoms with E-state index in [1.807, 2.05) is 85.9 Å². The number of fused-ring (bicyclic) bond motifs is 2. The summed E-state index contributed by atoms with van der Waals surface area (Å²) in [6, 6.07) is 38.9. The Morgan fingerprint density at radius 3 is 1.97 bits per heavy atom. The molecular formula is C73H83F7N8O8. The quantitative estimate of drug-likeness (QED) is 0.0415. The summed E-state index contributed by atoms with van der Waals surface area (Å²) in [5.41, 5.74) is 1.01. The van der Waals surface area contributed by atoms with Crippen LogP contribution < -0.4 is 10.2 Å². The first kappa shape index (κ1) is 70.4. The first-order valence-electron chi connectivity index (χ1n) is 32.8. The van der Waals surface area contributed by atoms with Gasteiger partial charge < -0.3 is 49.3 Å². The van der Waals surface area contributed by atoms with Crippen LogP contribution in [0.2, 0.25) is 0 Å². The number of ether oxygens (including phenoxy) is 2. The van der Waals surface area contributed by atoms with Crippen molar-refractivity contribution in [2.75, 3.05) is 117 Å². The van der Waals surface area contributed by atoms with Crippen molar-refractivity contribution in [3.63, 3.8) is 0 Å². The predicted molar refractivity (Wildman–Crippen MR) is 351 cm³/mol. The number of anilines is 2. The fourth-order valence-electron chi connectivity index (χ4n) is 13.9. The summed E-state index contributed by atoms with van der Waals surface area (Å²) in [5.74, 6) is -1.89. The highest BCUT2D eigenvalue weighted by atomic mass is 19.4. The maximum absolute atomic E-state index is 14.2. The molecule has 16 nitrogen and oxygen atoms in total. The molecule has 0 radical (unpaired) electrons. The first-order chi connectivity index (χ1) is 45.9. The lowest BCUT2D eigenvalue weighted by molar-refractivity contribution is -0.143. The minimum atomic E-state index is -5.15. The molecule has 3 heterocycles. The summed E-state index contributed by atoms with van der Waals surface area (Å²) < 4.78 is 110. The molecule has 512 valence electrons. The van der Waals surface area contributed by atoms with Crippen molar-refractivity contribution in [2.45, 2.75) is 99.7 Å². The second-order valence-electron chi connectivity index (χ2n) is 25.8. The standard InChI is InChI=1S/C73H83F7N8O8/c1-82(35-13-36-84(3)67(91)52-21-27-59(28-22-52)81-34-12-11-20-65(89)83(2)42-43-85-37-29-60(30-38-85)88(69(93)94)63-19-10-8-17-61(63)51-14-5-4-6-15-51)66(90)48-95-64-46-53-16-7-9-18-62(53)70(64)31-39-86(40-32-70)41-33-71(55-23-25-58(74)26-24-55)49-87(50-96-71)68(92)54-44-56(72(75,76)77)47-57(45-54)73(78,79)80/h4-10,14-19,21-28,44-45,47,60,64,81H,11-13,20,29-43,46,48-50H2,1-3H3,(H,93,94)/t64-,71+/m0/s1. The third-order valence-corrected chi connectivity index (χ3v) is 19.6. The zero-order chi connectivity index (χ0) is 68.4. The summed E-state index contributed by atoms with van der Waals surface area (Å²) in [7, 11) is 5.27. The topological polar surface area (TPSA) is 159 Å². The van der Waals surface area contributed by atoms with E-state index in [0.717, 1.165) is 52.4 Å². The number of hydrogen-bond acceptors (Lipinski definition) is 10. The molecule has 0 bridgehead atoms. The van der Waals surface area contributed by atoms with Gasteiger partial charge in [-0.1, -0.05) is 84.9 Å². The minimum absolute atomic E-state index is 0.0301. The third kappa shape index (κ3) is 16.9. The lowest BCUT2D eigenvalue weighted by Crippen LogP contribution is -2.50. The van der Waals surface area contributed by atoms with Crippen molar-refractivity contribution < 1.29 is 69.3 Å². The number of amides is 5. The van der Waals surface area contributed by atoms with E-state index in [1.165, 1.54) is 29.2 Å². The molecule has 2 N–H and O–H groups in total. The lowest BCUT2D eigenvalue weighted by Gasteiger charge is -2.44. The van der Waals surface area contributed by atoms with Crippen molar-refractivity contribution in [1.82, 2.24) is 29.4 Å². The molecule has 0 aromatic heterocycles. The summed E-state index contributed by atoms with van der Waals surface area (Å²) in [4.78, 5) is 78.7. The zero-order valence-electron chi connectivity index (χ0n) is 54.4. The van der Waals surface area contributed by atoms with Gasteiger partial charge in [0.2, 0.25) is 11.8 Å². The fourth-order valence-corrected chi connectivity index (χ4v) is 13.9. The van der Waals surface area contributed by atoms with Crippen molar-refractivity contribution in [2.24, 2.45) is 0 Å². The lowest BCUT2D eigenvalue weighted by atomic mass is 9.72. The summed E-state index contributed by atoms with van der Waals surface area (Å²) in [6.07, 6.45) is -5.56. The number of likely N-dealkylation sites (tertiary alicyclic amines) is 2. The SMILES string of the molecule is CN(CCN1CCC(N(C(=O)O)c2ccccc2-c2ccccc2)CC1)C(=O)CCCCNc1ccc(C(=O)N(C)CCCN(C)C(=O)CO[C@H]2Cc3ccccc3C23CCN(CC[C@]2(c4ccc(F)cc4)CN(C(=O)c4cc(C(F)(F)F)cc(C(F)(F)F)c4)CO2)CC3)cc1. The predicted octanol–water partition coefficient (Wildman–Crippen LogP) is 12.5.